The molecule has 1 amide bonds. The van der Waals surface area contributed by atoms with Crippen LogP contribution in [0, 0.1) is 6.92 Å². The van der Waals surface area contributed by atoms with E-state index in [0.717, 1.165) is 5.56 Å². The molecule has 0 spiro atoms. The largest absolute Gasteiger partial charge is 0.305 e. The van der Waals surface area contributed by atoms with Gasteiger partial charge in [-0.1, -0.05) is 23.2 Å². The number of hydrogen-bond donors (Lipinski definition) is 1. The summed E-state index contributed by atoms with van der Waals surface area (Å²) in [5.41, 5.74) is 1.33. The molecule has 0 aliphatic rings. The Morgan fingerprint density at radius 1 is 1.17 bits per heavy atom. The molecule has 0 saturated carbocycles. The summed E-state index contributed by atoms with van der Waals surface area (Å²) in [5.74, 6) is 0.0829. The summed E-state index contributed by atoms with van der Waals surface area (Å²) in [7, 11) is 0. The fourth-order valence-corrected chi connectivity index (χ4v) is 1.78. The third-order valence-corrected chi connectivity index (χ3v) is 2.74. The maximum absolute atomic E-state index is 12.0. The van der Waals surface area contributed by atoms with Crippen LogP contribution in [-0.4, -0.2) is 16.1 Å². The van der Waals surface area contributed by atoms with Gasteiger partial charge in [0.25, 0.3) is 5.91 Å². The maximum Gasteiger partial charge on any atom is 0.257 e. The van der Waals surface area contributed by atoms with Gasteiger partial charge in [-0.2, -0.15) is 0 Å². The minimum Gasteiger partial charge on any atom is -0.305 e. The van der Waals surface area contributed by atoms with Crippen molar-refractivity contribution in [1.82, 2.24) is 10.2 Å². The highest BCUT2D eigenvalue weighted by atomic mass is 35.5. The van der Waals surface area contributed by atoms with Crippen molar-refractivity contribution < 1.29 is 4.79 Å². The Morgan fingerprint density at radius 2 is 1.94 bits per heavy atom. The van der Waals surface area contributed by atoms with Crippen molar-refractivity contribution in [2.45, 2.75) is 6.92 Å². The number of aryl methyl sites for hydroxylation is 1. The van der Waals surface area contributed by atoms with Gasteiger partial charge in [0.05, 0.1) is 0 Å². The molecule has 1 aromatic heterocycles. The van der Waals surface area contributed by atoms with Crippen LogP contribution in [0.2, 0.25) is 10.2 Å². The predicted octanol–water partition coefficient (Wildman–Crippen LogP) is 3.34. The zero-order valence-electron chi connectivity index (χ0n) is 9.45. The monoisotopic (exact) mass is 281 g/mol. The fourth-order valence-electron chi connectivity index (χ4n) is 1.45. The molecule has 0 fully saturated rings. The number of benzene rings is 1. The van der Waals surface area contributed by atoms with Crippen LogP contribution >= 0.6 is 23.2 Å². The number of carbonyl (C=O) groups is 1. The molecule has 2 aromatic rings. The highest BCUT2D eigenvalue weighted by Crippen LogP contribution is 2.16. The number of hydrogen-bond acceptors (Lipinski definition) is 3. The standard InChI is InChI=1S/C12H9Cl2N3O/c1-7-6-8(13)2-3-9(7)12(18)15-11-5-4-10(14)16-17-11/h2-6H,1H3,(H,15,17,18). The van der Waals surface area contributed by atoms with E-state index in [1.54, 1.807) is 30.3 Å². The van der Waals surface area contributed by atoms with Crippen molar-refractivity contribution >= 4 is 34.9 Å². The fraction of sp³-hybridized carbons (Fsp3) is 0.0833. The van der Waals surface area contributed by atoms with Gasteiger partial charge in [0.15, 0.2) is 11.0 Å². The summed E-state index contributed by atoms with van der Waals surface area (Å²) in [6.07, 6.45) is 0. The van der Waals surface area contributed by atoms with Gasteiger partial charge in [0.1, 0.15) is 0 Å². The first-order valence-corrected chi connectivity index (χ1v) is 5.88. The van der Waals surface area contributed by atoms with Crippen LogP contribution in [0.3, 0.4) is 0 Å². The molecule has 0 bridgehead atoms. The highest BCUT2D eigenvalue weighted by molar-refractivity contribution is 6.30. The van der Waals surface area contributed by atoms with Crippen LogP contribution in [0.1, 0.15) is 15.9 Å². The number of rotatable bonds is 2. The van der Waals surface area contributed by atoms with Crippen molar-refractivity contribution in [2.24, 2.45) is 0 Å². The molecule has 1 N–H and O–H groups in total. The molecule has 6 heteroatoms. The van der Waals surface area contributed by atoms with Gasteiger partial charge in [0.2, 0.25) is 0 Å². The Labute approximate surface area is 114 Å². The van der Waals surface area contributed by atoms with Gasteiger partial charge >= 0.3 is 0 Å². The topological polar surface area (TPSA) is 54.9 Å². The zero-order valence-corrected chi connectivity index (χ0v) is 11.0. The van der Waals surface area contributed by atoms with Crippen LogP contribution in [0.15, 0.2) is 30.3 Å². The number of nitrogens with zero attached hydrogens (tertiary/aromatic N) is 2. The highest BCUT2D eigenvalue weighted by Gasteiger charge is 2.10. The molecule has 0 atom stereocenters. The Morgan fingerprint density at radius 3 is 2.56 bits per heavy atom. The van der Waals surface area contributed by atoms with Gasteiger partial charge in [-0.25, -0.2) is 0 Å². The molecule has 2 rings (SSSR count). The third kappa shape index (κ3) is 2.97. The van der Waals surface area contributed by atoms with Crippen LogP contribution in [-0.2, 0) is 0 Å². The van der Waals surface area contributed by atoms with E-state index in [-0.39, 0.29) is 11.1 Å². The van der Waals surface area contributed by atoms with E-state index >= 15 is 0 Å². The number of halogens is 2. The molecule has 18 heavy (non-hydrogen) atoms. The summed E-state index contributed by atoms with van der Waals surface area (Å²) < 4.78 is 0. The number of amides is 1. The third-order valence-electron chi connectivity index (χ3n) is 2.31. The molecule has 92 valence electrons. The summed E-state index contributed by atoms with van der Waals surface area (Å²) in [5, 5.41) is 10.9. The second kappa shape index (κ2) is 5.33. The first-order valence-electron chi connectivity index (χ1n) is 5.13. The van der Waals surface area contributed by atoms with Gasteiger partial charge in [-0.15, -0.1) is 10.2 Å². The predicted molar refractivity (Wildman–Crippen MR) is 71.2 cm³/mol. The van der Waals surface area contributed by atoms with Crippen molar-refractivity contribution in [3.63, 3.8) is 0 Å². The van der Waals surface area contributed by atoms with Gasteiger partial charge in [0, 0.05) is 10.6 Å². The van der Waals surface area contributed by atoms with Gasteiger partial charge < -0.3 is 5.32 Å². The Hall–Kier alpha value is -1.65. The van der Waals surface area contributed by atoms with Crippen LogP contribution in [0.25, 0.3) is 0 Å². The van der Waals surface area contributed by atoms with E-state index in [1.807, 2.05) is 6.92 Å². The second-order valence-electron chi connectivity index (χ2n) is 3.65. The van der Waals surface area contributed by atoms with Gasteiger partial charge in [-0.05, 0) is 42.8 Å². The Bertz CT molecular complexity index is 584. The summed E-state index contributed by atoms with van der Waals surface area (Å²) >= 11 is 11.4. The molecule has 0 aliphatic heterocycles. The van der Waals surface area contributed by atoms with E-state index in [1.165, 1.54) is 0 Å². The zero-order chi connectivity index (χ0) is 13.1. The van der Waals surface area contributed by atoms with Gasteiger partial charge in [-0.3, -0.25) is 4.79 Å². The first kappa shape index (κ1) is 12.8. The molecule has 4 nitrogen and oxygen atoms in total. The van der Waals surface area contributed by atoms with E-state index in [2.05, 4.69) is 15.5 Å². The molecule has 0 aliphatic carbocycles. The average molecular weight is 282 g/mol. The smallest absolute Gasteiger partial charge is 0.257 e. The van der Waals surface area contributed by atoms with E-state index < -0.39 is 0 Å². The number of nitrogens with one attached hydrogen (secondary N) is 1. The van der Waals surface area contributed by atoms with Crippen molar-refractivity contribution in [2.75, 3.05) is 5.32 Å². The SMILES string of the molecule is Cc1cc(Cl)ccc1C(=O)Nc1ccc(Cl)nn1. The summed E-state index contributed by atoms with van der Waals surface area (Å²) in [4.78, 5) is 12.0. The lowest BCUT2D eigenvalue weighted by molar-refractivity contribution is 0.102. The molecule has 0 unspecified atom stereocenters. The number of aromatic nitrogens is 2. The lowest BCUT2D eigenvalue weighted by Crippen LogP contribution is -2.14. The lowest BCUT2D eigenvalue weighted by Gasteiger charge is -2.06. The minimum absolute atomic E-state index is 0.263. The van der Waals surface area contributed by atoms with E-state index in [0.29, 0.717) is 16.4 Å². The lowest BCUT2D eigenvalue weighted by atomic mass is 10.1. The molecule has 1 heterocycles. The molecule has 1 aromatic carbocycles. The molecular weight excluding hydrogens is 273 g/mol. The second-order valence-corrected chi connectivity index (χ2v) is 4.48. The molecule has 0 radical (unpaired) electrons. The summed E-state index contributed by atoms with van der Waals surface area (Å²) in [6, 6.07) is 8.19. The average Bonchev–Trinajstić information content (AvgIpc) is 2.32. The van der Waals surface area contributed by atoms with Crippen LogP contribution in [0.5, 0.6) is 0 Å². The van der Waals surface area contributed by atoms with Crippen molar-refractivity contribution in [3.05, 3.63) is 51.6 Å². The van der Waals surface area contributed by atoms with Crippen molar-refractivity contribution in [3.8, 4) is 0 Å². The quantitative estimate of drug-likeness (QED) is 0.919. The van der Waals surface area contributed by atoms with Crippen LogP contribution < -0.4 is 5.32 Å². The first-order chi connectivity index (χ1) is 8.56. The minimum atomic E-state index is -0.263. The maximum atomic E-state index is 12.0. The summed E-state index contributed by atoms with van der Waals surface area (Å²) in [6.45, 7) is 1.81. The van der Waals surface area contributed by atoms with Crippen molar-refractivity contribution in [1.29, 1.82) is 0 Å². The number of anilines is 1. The van der Waals surface area contributed by atoms with E-state index in [9.17, 15) is 4.79 Å². The molecule has 0 saturated heterocycles. The normalized spacial score (nSPS) is 10.2. The van der Waals surface area contributed by atoms with Crippen LogP contribution in [0.4, 0.5) is 5.82 Å². The Kier molecular flexibility index (Phi) is 3.79. The molecular formula is C12H9Cl2N3O. The number of carbonyl (C=O) groups excluding carboxylic acids is 1. The Balaban J connectivity index is 2.19. The van der Waals surface area contributed by atoms with E-state index in [4.69, 9.17) is 23.2 Å².